The smallest absolute Gasteiger partial charge is 0.209 e. The van der Waals surface area contributed by atoms with E-state index in [0.29, 0.717) is 10.6 Å². The lowest BCUT2D eigenvalue weighted by molar-refractivity contribution is 0.570. The Balaban J connectivity index is 3.10. The van der Waals surface area contributed by atoms with Gasteiger partial charge in [0.05, 0.1) is 4.90 Å². The lowest BCUT2D eigenvalue weighted by atomic mass is 10.2. The first kappa shape index (κ1) is 13.8. The molecular formula is C10H13Cl2NO2S. The Morgan fingerprint density at radius 3 is 2.44 bits per heavy atom. The summed E-state index contributed by atoms with van der Waals surface area (Å²) in [4.78, 5) is 0.153. The Morgan fingerprint density at radius 2 is 2.00 bits per heavy atom. The zero-order valence-corrected chi connectivity index (χ0v) is 11.3. The molecule has 0 unspecified atom stereocenters. The van der Waals surface area contributed by atoms with E-state index < -0.39 is 10.0 Å². The van der Waals surface area contributed by atoms with Crippen LogP contribution >= 0.6 is 23.2 Å². The summed E-state index contributed by atoms with van der Waals surface area (Å²) in [6.07, 6.45) is 0. The molecule has 0 radical (unpaired) electrons. The number of benzene rings is 1. The predicted molar refractivity (Wildman–Crippen MR) is 66.5 cm³/mol. The van der Waals surface area contributed by atoms with E-state index in [1.54, 1.807) is 19.9 Å². The highest BCUT2D eigenvalue weighted by Crippen LogP contribution is 2.22. The minimum atomic E-state index is -3.48. The monoisotopic (exact) mass is 281 g/mol. The average molecular weight is 282 g/mol. The van der Waals surface area contributed by atoms with Crippen molar-refractivity contribution in [2.75, 3.05) is 0 Å². The number of halogens is 2. The van der Waals surface area contributed by atoms with E-state index in [1.165, 1.54) is 12.1 Å². The molecule has 0 aliphatic rings. The highest BCUT2D eigenvalue weighted by atomic mass is 35.5. The maximum Gasteiger partial charge on any atom is 0.240 e. The molecule has 0 fully saturated rings. The van der Waals surface area contributed by atoms with Crippen molar-refractivity contribution in [2.45, 2.75) is 30.7 Å². The van der Waals surface area contributed by atoms with Gasteiger partial charge in [-0.2, -0.15) is 0 Å². The van der Waals surface area contributed by atoms with Crippen LogP contribution in [0.5, 0.6) is 0 Å². The van der Waals surface area contributed by atoms with Gasteiger partial charge in [0, 0.05) is 16.9 Å². The fourth-order valence-electron chi connectivity index (χ4n) is 1.18. The summed E-state index contributed by atoms with van der Waals surface area (Å²) in [6.45, 7) is 3.51. The summed E-state index contributed by atoms with van der Waals surface area (Å²) in [5.41, 5.74) is 0.715. The number of alkyl halides is 1. The van der Waals surface area contributed by atoms with Crippen LogP contribution < -0.4 is 4.72 Å². The largest absolute Gasteiger partial charge is 0.240 e. The van der Waals surface area contributed by atoms with Crippen molar-refractivity contribution < 1.29 is 8.42 Å². The molecule has 0 amide bonds. The predicted octanol–water partition coefficient (Wildman–Crippen LogP) is 2.77. The van der Waals surface area contributed by atoms with E-state index in [4.69, 9.17) is 23.2 Å². The van der Waals surface area contributed by atoms with Gasteiger partial charge in [-0.25, -0.2) is 13.1 Å². The molecule has 0 bridgehead atoms. The van der Waals surface area contributed by atoms with Crippen molar-refractivity contribution in [3.63, 3.8) is 0 Å². The molecule has 1 aromatic rings. The van der Waals surface area contributed by atoms with Gasteiger partial charge in [-0.3, -0.25) is 0 Å². The van der Waals surface area contributed by atoms with Gasteiger partial charge in [0.2, 0.25) is 10.0 Å². The molecule has 0 saturated heterocycles. The number of sulfonamides is 1. The van der Waals surface area contributed by atoms with E-state index in [1.807, 2.05) is 0 Å². The average Bonchev–Trinajstić information content (AvgIpc) is 2.15. The second-order valence-electron chi connectivity index (χ2n) is 3.66. The van der Waals surface area contributed by atoms with Crippen LogP contribution in [0.1, 0.15) is 19.4 Å². The Bertz CT molecular complexity index is 472. The van der Waals surface area contributed by atoms with Crippen LogP contribution in [0.4, 0.5) is 0 Å². The first-order valence-corrected chi connectivity index (χ1v) is 7.13. The van der Waals surface area contributed by atoms with Crippen molar-refractivity contribution in [3.8, 4) is 0 Å². The van der Waals surface area contributed by atoms with Crippen LogP contribution in [0.15, 0.2) is 23.1 Å². The Hall–Kier alpha value is -0.290. The first-order valence-electron chi connectivity index (χ1n) is 4.73. The molecule has 0 aliphatic carbocycles. The summed E-state index contributed by atoms with van der Waals surface area (Å²) in [5, 5.41) is 0.363. The highest BCUT2D eigenvalue weighted by molar-refractivity contribution is 7.89. The number of hydrogen-bond donors (Lipinski definition) is 1. The molecule has 0 heterocycles. The molecular weight excluding hydrogens is 269 g/mol. The summed E-state index contributed by atoms with van der Waals surface area (Å²) in [6, 6.07) is 4.36. The minimum absolute atomic E-state index is 0.153. The maximum atomic E-state index is 11.8. The molecule has 0 atom stereocenters. The second kappa shape index (κ2) is 5.36. The van der Waals surface area contributed by atoms with Crippen molar-refractivity contribution in [1.29, 1.82) is 0 Å². The molecule has 0 spiro atoms. The quantitative estimate of drug-likeness (QED) is 0.863. The fraction of sp³-hybridized carbons (Fsp3) is 0.400. The SMILES string of the molecule is CC(C)NS(=O)(=O)c1ccc(CCl)c(Cl)c1. The normalized spacial score (nSPS) is 12.1. The van der Waals surface area contributed by atoms with Crippen molar-refractivity contribution in [3.05, 3.63) is 28.8 Å². The third-order valence-corrected chi connectivity index (χ3v) is 4.17. The lowest BCUT2D eigenvalue weighted by Gasteiger charge is -2.10. The molecule has 16 heavy (non-hydrogen) atoms. The Morgan fingerprint density at radius 1 is 1.38 bits per heavy atom. The van der Waals surface area contributed by atoms with Crippen molar-refractivity contribution in [1.82, 2.24) is 4.72 Å². The number of rotatable bonds is 4. The zero-order valence-electron chi connectivity index (χ0n) is 9.00. The summed E-state index contributed by atoms with van der Waals surface area (Å²) < 4.78 is 26.1. The number of hydrogen-bond acceptors (Lipinski definition) is 2. The standard InChI is InChI=1S/C10H13Cl2NO2S/c1-7(2)13-16(14,15)9-4-3-8(6-11)10(12)5-9/h3-5,7,13H,6H2,1-2H3. The molecule has 1 rings (SSSR count). The van der Waals surface area contributed by atoms with Crippen molar-refractivity contribution >= 4 is 33.2 Å². The van der Waals surface area contributed by atoms with Crippen molar-refractivity contribution in [2.24, 2.45) is 0 Å². The Kier molecular flexibility index (Phi) is 4.62. The second-order valence-corrected chi connectivity index (χ2v) is 6.05. The topological polar surface area (TPSA) is 46.2 Å². The molecule has 1 N–H and O–H groups in total. The van der Waals surface area contributed by atoms with Gasteiger partial charge in [0.25, 0.3) is 0 Å². The van der Waals surface area contributed by atoms with Gasteiger partial charge in [-0.15, -0.1) is 11.6 Å². The Labute approximate surface area is 106 Å². The van der Waals surface area contributed by atoms with Crippen LogP contribution in [0.3, 0.4) is 0 Å². The van der Waals surface area contributed by atoms with Crippen LogP contribution in [0, 0.1) is 0 Å². The van der Waals surface area contributed by atoms with Gasteiger partial charge < -0.3 is 0 Å². The van der Waals surface area contributed by atoms with E-state index in [2.05, 4.69) is 4.72 Å². The summed E-state index contributed by atoms with van der Waals surface area (Å²) in [5.74, 6) is 0.261. The van der Waals surface area contributed by atoms with Gasteiger partial charge in [0.1, 0.15) is 0 Å². The van der Waals surface area contributed by atoms with E-state index in [0.717, 1.165) is 0 Å². The molecule has 1 aromatic carbocycles. The van der Waals surface area contributed by atoms with Crippen LogP contribution in [0.25, 0.3) is 0 Å². The zero-order chi connectivity index (χ0) is 12.3. The molecule has 0 aromatic heterocycles. The van der Waals surface area contributed by atoms with Gasteiger partial charge >= 0.3 is 0 Å². The van der Waals surface area contributed by atoms with Gasteiger partial charge in [0.15, 0.2) is 0 Å². The molecule has 0 saturated carbocycles. The molecule has 0 aliphatic heterocycles. The molecule has 3 nitrogen and oxygen atoms in total. The van der Waals surface area contributed by atoms with E-state index in [9.17, 15) is 8.42 Å². The molecule has 90 valence electrons. The fourth-order valence-corrected chi connectivity index (χ4v) is 3.07. The highest BCUT2D eigenvalue weighted by Gasteiger charge is 2.16. The lowest BCUT2D eigenvalue weighted by Crippen LogP contribution is -2.30. The third-order valence-electron chi connectivity index (χ3n) is 1.87. The first-order chi connectivity index (χ1) is 7.36. The van der Waals surface area contributed by atoms with E-state index >= 15 is 0 Å². The molecule has 6 heteroatoms. The van der Waals surface area contributed by atoms with Gasteiger partial charge in [-0.1, -0.05) is 17.7 Å². The minimum Gasteiger partial charge on any atom is -0.209 e. The summed E-state index contributed by atoms with van der Waals surface area (Å²) >= 11 is 11.5. The third kappa shape index (κ3) is 3.35. The van der Waals surface area contributed by atoms with Gasteiger partial charge in [-0.05, 0) is 31.5 Å². The summed E-state index contributed by atoms with van der Waals surface area (Å²) in [7, 11) is -3.48. The number of nitrogens with one attached hydrogen (secondary N) is 1. The van der Waals surface area contributed by atoms with Crippen LogP contribution in [-0.4, -0.2) is 14.5 Å². The van der Waals surface area contributed by atoms with E-state index in [-0.39, 0.29) is 16.8 Å². The van der Waals surface area contributed by atoms with Crippen LogP contribution in [-0.2, 0) is 15.9 Å². The van der Waals surface area contributed by atoms with Crippen LogP contribution in [0.2, 0.25) is 5.02 Å². The maximum absolute atomic E-state index is 11.8.